The Bertz CT molecular complexity index is 1040. The number of aryl methyl sites for hydroxylation is 1. The molecule has 0 amide bonds. The first kappa shape index (κ1) is 25.0. The number of aromatic nitrogens is 3. The second kappa shape index (κ2) is 10.5. The first-order valence-electron chi connectivity index (χ1n) is 9.96. The Kier molecular flexibility index (Phi) is 8.48. The van der Waals surface area contributed by atoms with Gasteiger partial charge in [0.25, 0.3) is 0 Å². The standard InChI is InChI=1S/C22H26N3O4S.K/c1-14-9-23-19(13-30(26)21-24-17-7-5-6-8-18(17)25-21)15(2)20(14)27-10-16-11-28-22(3,4)29-12-16;/h5-9,16H,10-13H2,1-4H3;/q-1;+1/t30-;/m1./s1. The molecule has 31 heavy (non-hydrogen) atoms. The number of benzene rings is 1. The number of nitrogens with zero attached hydrogens (tertiary/aromatic N) is 3. The molecular weight excluding hydrogens is 441 g/mol. The topological polar surface area (TPSA) is 84.6 Å². The van der Waals surface area contributed by atoms with E-state index in [0.717, 1.165) is 33.6 Å². The van der Waals surface area contributed by atoms with Crippen LogP contribution in [0.1, 0.15) is 30.7 Å². The van der Waals surface area contributed by atoms with E-state index in [1.807, 2.05) is 52.0 Å². The average Bonchev–Trinajstić information content (AvgIpc) is 3.15. The Morgan fingerprint density at radius 2 is 1.94 bits per heavy atom. The largest absolute Gasteiger partial charge is 1.00 e. The van der Waals surface area contributed by atoms with Crippen LogP contribution in [-0.2, 0) is 26.0 Å². The Morgan fingerprint density at radius 1 is 1.23 bits per heavy atom. The normalized spacial score (nSPS) is 17.3. The van der Waals surface area contributed by atoms with E-state index in [0.29, 0.717) is 25.0 Å². The van der Waals surface area contributed by atoms with Gasteiger partial charge in [-0.1, -0.05) is 24.3 Å². The molecule has 9 heteroatoms. The van der Waals surface area contributed by atoms with E-state index in [2.05, 4.69) is 15.0 Å². The van der Waals surface area contributed by atoms with Crippen LogP contribution in [-0.4, -0.2) is 39.8 Å². The summed E-state index contributed by atoms with van der Waals surface area (Å²) >= 11 is 0. The molecule has 160 valence electrons. The molecule has 0 radical (unpaired) electrons. The Hall–Kier alpha value is -0.654. The summed E-state index contributed by atoms with van der Waals surface area (Å²) < 4.78 is 30.4. The molecule has 1 saturated heterocycles. The zero-order chi connectivity index (χ0) is 21.3. The van der Waals surface area contributed by atoms with Crippen LogP contribution in [0.3, 0.4) is 0 Å². The number of pyridine rings is 1. The van der Waals surface area contributed by atoms with E-state index in [4.69, 9.17) is 14.2 Å². The van der Waals surface area contributed by atoms with Crippen molar-refractivity contribution in [3.05, 3.63) is 47.3 Å². The zero-order valence-electron chi connectivity index (χ0n) is 18.7. The van der Waals surface area contributed by atoms with Crippen LogP contribution in [0, 0.1) is 19.8 Å². The van der Waals surface area contributed by atoms with Crippen LogP contribution in [0.4, 0.5) is 0 Å². The summed E-state index contributed by atoms with van der Waals surface area (Å²) in [4.78, 5) is 13.3. The maximum absolute atomic E-state index is 12.9. The second-order valence-electron chi connectivity index (χ2n) is 8.03. The summed E-state index contributed by atoms with van der Waals surface area (Å²) in [6.07, 6.45) is 1.76. The van der Waals surface area contributed by atoms with Crippen LogP contribution in [0.2, 0.25) is 0 Å². The van der Waals surface area contributed by atoms with E-state index in [1.54, 1.807) is 6.20 Å². The third-order valence-corrected chi connectivity index (χ3v) is 6.25. The molecule has 3 aromatic rings. The summed E-state index contributed by atoms with van der Waals surface area (Å²) in [5.74, 6) is 0.634. The van der Waals surface area contributed by atoms with Gasteiger partial charge in [0.15, 0.2) is 5.79 Å². The fraction of sp³-hybridized carbons (Fsp3) is 0.455. The molecule has 1 atom stereocenters. The number of para-hydroxylation sites is 2. The molecule has 0 spiro atoms. The molecule has 0 unspecified atom stereocenters. The van der Waals surface area contributed by atoms with Crippen molar-refractivity contribution < 1.29 is 69.8 Å². The summed E-state index contributed by atoms with van der Waals surface area (Å²) in [5, 5.41) is 0.333. The van der Waals surface area contributed by atoms with Gasteiger partial charge in [0, 0.05) is 28.4 Å². The smallest absolute Gasteiger partial charge is 0.492 e. The Morgan fingerprint density at radius 3 is 2.65 bits per heavy atom. The van der Waals surface area contributed by atoms with Crippen molar-refractivity contribution >= 4 is 21.8 Å². The number of ether oxygens (including phenoxy) is 3. The summed E-state index contributed by atoms with van der Waals surface area (Å²) in [5.41, 5.74) is 4.05. The quantitative estimate of drug-likeness (QED) is 0.482. The van der Waals surface area contributed by atoms with Crippen molar-refractivity contribution in [3.63, 3.8) is 0 Å². The molecule has 7 nitrogen and oxygen atoms in total. The molecule has 0 bridgehead atoms. The summed E-state index contributed by atoms with van der Waals surface area (Å²) in [6, 6.07) is 7.51. The van der Waals surface area contributed by atoms with E-state index in [1.165, 1.54) is 0 Å². The van der Waals surface area contributed by atoms with Crippen molar-refractivity contribution in [2.45, 2.75) is 44.4 Å². The number of rotatable bonds is 6. The van der Waals surface area contributed by atoms with Gasteiger partial charge in [0.05, 0.1) is 42.1 Å². The third-order valence-electron chi connectivity index (χ3n) is 5.13. The summed E-state index contributed by atoms with van der Waals surface area (Å²) in [6.45, 7) is 9.40. The summed E-state index contributed by atoms with van der Waals surface area (Å²) in [7, 11) is -1.39. The molecule has 1 aliphatic heterocycles. The SMILES string of the molecule is Cc1cnc(C[S@@](=O)c2nc3ccccc3[n-]2)c(C)c1OCC1COC(C)(C)OC1.[K+]. The van der Waals surface area contributed by atoms with Crippen molar-refractivity contribution in [2.75, 3.05) is 19.8 Å². The van der Waals surface area contributed by atoms with Crippen LogP contribution < -0.4 is 61.1 Å². The van der Waals surface area contributed by atoms with Gasteiger partial charge in [-0.05, 0) is 38.7 Å². The monoisotopic (exact) mass is 467 g/mol. The van der Waals surface area contributed by atoms with Gasteiger partial charge in [-0.25, -0.2) is 0 Å². The molecule has 3 heterocycles. The van der Waals surface area contributed by atoms with Gasteiger partial charge >= 0.3 is 51.4 Å². The third kappa shape index (κ3) is 6.03. The minimum Gasteiger partial charge on any atom is -0.492 e. The number of hydrogen-bond acceptors (Lipinski definition) is 6. The van der Waals surface area contributed by atoms with Crippen molar-refractivity contribution in [3.8, 4) is 5.75 Å². The van der Waals surface area contributed by atoms with Crippen molar-refractivity contribution in [1.29, 1.82) is 0 Å². The first-order chi connectivity index (χ1) is 14.3. The predicted molar refractivity (Wildman–Crippen MR) is 114 cm³/mol. The van der Waals surface area contributed by atoms with Gasteiger partial charge < -0.3 is 24.2 Å². The molecular formula is C22H26KN3O4S. The van der Waals surface area contributed by atoms with E-state index in [9.17, 15) is 4.21 Å². The number of fused-ring (bicyclic) bond motifs is 1. The van der Waals surface area contributed by atoms with E-state index in [-0.39, 0.29) is 63.1 Å². The number of hydrogen-bond donors (Lipinski definition) is 0. The van der Waals surface area contributed by atoms with Crippen molar-refractivity contribution in [2.24, 2.45) is 5.92 Å². The first-order valence-corrected chi connectivity index (χ1v) is 11.3. The van der Waals surface area contributed by atoms with Crippen molar-refractivity contribution in [1.82, 2.24) is 15.0 Å². The molecule has 0 N–H and O–H groups in total. The van der Waals surface area contributed by atoms with Crippen LogP contribution in [0.15, 0.2) is 35.6 Å². The van der Waals surface area contributed by atoms with Crippen LogP contribution in [0.25, 0.3) is 11.0 Å². The molecule has 1 fully saturated rings. The number of imidazole rings is 1. The molecule has 1 aliphatic rings. The van der Waals surface area contributed by atoms with Crippen LogP contribution >= 0.6 is 0 Å². The average molecular weight is 468 g/mol. The molecule has 0 saturated carbocycles. The van der Waals surface area contributed by atoms with Gasteiger partial charge in [-0.15, -0.1) is 0 Å². The maximum atomic E-state index is 12.9. The molecule has 2 aromatic heterocycles. The maximum Gasteiger partial charge on any atom is 1.00 e. The Balaban J connectivity index is 0.00000272. The molecule has 0 aliphatic carbocycles. The van der Waals surface area contributed by atoms with Gasteiger partial charge in [-0.3, -0.25) is 9.19 Å². The van der Waals surface area contributed by atoms with Gasteiger partial charge in [0.2, 0.25) is 0 Å². The molecule has 1 aromatic carbocycles. The minimum atomic E-state index is -1.39. The van der Waals surface area contributed by atoms with Gasteiger partial charge in [-0.2, -0.15) is 0 Å². The predicted octanol–water partition coefficient (Wildman–Crippen LogP) is 0.294. The van der Waals surface area contributed by atoms with E-state index < -0.39 is 16.6 Å². The van der Waals surface area contributed by atoms with Gasteiger partial charge in [0.1, 0.15) is 5.75 Å². The minimum absolute atomic E-state index is 0. The fourth-order valence-electron chi connectivity index (χ4n) is 3.32. The van der Waals surface area contributed by atoms with E-state index >= 15 is 0 Å². The van der Waals surface area contributed by atoms with Crippen LogP contribution in [0.5, 0.6) is 5.75 Å². The zero-order valence-corrected chi connectivity index (χ0v) is 22.6. The second-order valence-corrected chi connectivity index (χ2v) is 9.37. The fourth-order valence-corrected chi connectivity index (χ4v) is 4.39. The molecule has 4 rings (SSSR count). The Labute approximate surface area is 227 Å².